The molecular formula is C11H6F3NO2. The zero-order chi connectivity index (χ0) is 12.7. The number of rotatable bonds is 1. The highest BCUT2D eigenvalue weighted by atomic mass is 19.2. The molecule has 0 aromatic heterocycles. The van der Waals surface area contributed by atoms with Crippen LogP contribution < -0.4 is 4.90 Å². The van der Waals surface area contributed by atoms with Gasteiger partial charge in [0.1, 0.15) is 0 Å². The van der Waals surface area contributed by atoms with Gasteiger partial charge in [-0.25, -0.2) is 18.1 Å². The fraction of sp³-hybridized carbons (Fsp3) is 0.0909. The van der Waals surface area contributed by atoms with Gasteiger partial charge in [0.25, 0.3) is 11.8 Å². The van der Waals surface area contributed by atoms with Crippen LogP contribution in [0.1, 0.15) is 6.92 Å². The molecule has 0 aliphatic carbocycles. The fourth-order valence-electron chi connectivity index (χ4n) is 1.50. The Morgan fingerprint density at radius 1 is 1.06 bits per heavy atom. The Morgan fingerprint density at radius 2 is 1.59 bits per heavy atom. The van der Waals surface area contributed by atoms with Crippen molar-refractivity contribution in [2.24, 2.45) is 0 Å². The molecule has 0 saturated heterocycles. The Morgan fingerprint density at radius 3 is 2.00 bits per heavy atom. The minimum Gasteiger partial charge on any atom is -0.269 e. The highest BCUT2D eigenvalue weighted by molar-refractivity contribution is 6.30. The quantitative estimate of drug-likeness (QED) is 0.556. The molecule has 2 amide bonds. The van der Waals surface area contributed by atoms with Gasteiger partial charge in [-0.2, -0.15) is 0 Å². The van der Waals surface area contributed by atoms with E-state index in [0.29, 0.717) is 17.0 Å². The molecular weight excluding hydrogens is 235 g/mol. The van der Waals surface area contributed by atoms with E-state index >= 15 is 0 Å². The van der Waals surface area contributed by atoms with Crippen LogP contribution in [0.3, 0.4) is 0 Å². The monoisotopic (exact) mass is 241 g/mol. The number of nitrogens with zero attached hydrogens (tertiary/aromatic N) is 1. The lowest BCUT2D eigenvalue weighted by Gasteiger charge is -2.14. The second-order valence-corrected chi connectivity index (χ2v) is 3.53. The lowest BCUT2D eigenvalue weighted by Crippen LogP contribution is -2.30. The van der Waals surface area contributed by atoms with Gasteiger partial charge in [0.05, 0.1) is 5.69 Å². The Balaban J connectivity index is 2.50. The molecule has 1 aromatic carbocycles. The second kappa shape index (κ2) is 3.73. The summed E-state index contributed by atoms with van der Waals surface area (Å²) in [5.41, 5.74) is -0.176. The molecule has 1 heterocycles. The summed E-state index contributed by atoms with van der Waals surface area (Å²) in [4.78, 5) is 23.5. The zero-order valence-electron chi connectivity index (χ0n) is 8.63. The van der Waals surface area contributed by atoms with Gasteiger partial charge < -0.3 is 0 Å². The highest BCUT2D eigenvalue weighted by Crippen LogP contribution is 2.25. The van der Waals surface area contributed by atoms with Crippen molar-refractivity contribution in [3.8, 4) is 0 Å². The molecule has 0 bridgehead atoms. The first kappa shape index (κ1) is 11.4. The van der Waals surface area contributed by atoms with Crippen LogP contribution in [0.15, 0.2) is 23.8 Å². The largest absolute Gasteiger partial charge is 0.269 e. The van der Waals surface area contributed by atoms with Gasteiger partial charge in [0.2, 0.25) is 0 Å². The van der Waals surface area contributed by atoms with E-state index < -0.39 is 29.3 Å². The van der Waals surface area contributed by atoms with Crippen molar-refractivity contribution < 1.29 is 22.8 Å². The highest BCUT2D eigenvalue weighted by Gasteiger charge is 2.31. The molecule has 0 radical (unpaired) electrons. The topological polar surface area (TPSA) is 37.4 Å². The van der Waals surface area contributed by atoms with Crippen molar-refractivity contribution in [1.82, 2.24) is 0 Å². The first-order chi connectivity index (χ1) is 7.91. The molecule has 0 spiro atoms. The van der Waals surface area contributed by atoms with Crippen LogP contribution in [0.25, 0.3) is 0 Å². The summed E-state index contributed by atoms with van der Waals surface area (Å²) in [5, 5.41) is 0. The van der Waals surface area contributed by atoms with Crippen LogP contribution in [0.4, 0.5) is 18.9 Å². The minimum atomic E-state index is -1.64. The standard InChI is InChI=1S/C11H6F3NO2/c1-5-2-9(16)15(11(5)17)6-3-7(12)10(14)8(13)4-6/h2-4H,1H3. The number of carbonyl (C=O) groups is 2. The van der Waals surface area contributed by atoms with Crippen molar-refractivity contribution in [3.63, 3.8) is 0 Å². The van der Waals surface area contributed by atoms with Crippen LogP contribution in [-0.2, 0) is 9.59 Å². The third kappa shape index (κ3) is 1.71. The Kier molecular flexibility index (Phi) is 2.49. The molecule has 17 heavy (non-hydrogen) atoms. The van der Waals surface area contributed by atoms with Crippen molar-refractivity contribution >= 4 is 17.5 Å². The van der Waals surface area contributed by atoms with Gasteiger partial charge >= 0.3 is 0 Å². The second-order valence-electron chi connectivity index (χ2n) is 3.53. The van der Waals surface area contributed by atoms with Crippen LogP contribution in [0, 0.1) is 17.5 Å². The van der Waals surface area contributed by atoms with Crippen LogP contribution >= 0.6 is 0 Å². The normalized spacial score (nSPS) is 15.5. The first-order valence-corrected chi connectivity index (χ1v) is 4.63. The Labute approximate surface area is 94.1 Å². The average molecular weight is 241 g/mol. The third-order valence-electron chi connectivity index (χ3n) is 2.33. The summed E-state index contributed by atoms with van der Waals surface area (Å²) >= 11 is 0. The van der Waals surface area contributed by atoms with Crippen molar-refractivity contribution in [1.29, 1.82) is 0 Å². The molecule has 0 N–H and O–H groups in total. The predicted octanol–water partition coefficient (Wildman–Crippen LogP) is 1.92. The zero-order valence-corrected chi connectivity index (χ0v) is 8.63. The number of hydrogen-bond acceptors (Lipinski definition) is 2. The average Bonchev–Trinajstić information content (AvgIpc) is 2.49. The summed E-state index contributed by atoms with van der Waals surface area (Å²) in [6.07, 6.45) is 1.04. The summed E-state index contributed by atoms with van der Waals surface area (Å²) in [6.45, 7) is 1.40. The Bertz CT molecular complexity index is 543. The maximum absolute atomic E-state index is 13.0. The number of halogens is 3. The van der Waals surface area contributed by atoms with Gasteiger partial charge in [-0.1, -0.05) is 0 Å². The lowest BCUT2D eigenvalue weighted by molar-refractivity contribution is -0.120. The molecule has 0 atom stereocenters. The van der Waals surface area contributed by atoms with Crippen molar-refractivity contribution in [2.75, 3.05) is 4.90 Å². The molecule has 6 heteroatoms. The number of amides is 2. The van der Waals surface area contributed by atoms with Gasteiger partial charge in [-0.3, -0.25) is 9.59 Å². The van der Waals surface area contributed by atoms with Gasteiger partial charge in [0.15, 0.2) is 17.5 Å². The van der Waals surface area contributed by atoms with E-state index in [-0.39, 0.29) is 11.3 Å². The van der Waals surface area contributed by atoms with E-state index in [9.17, 15) is 22.8 Å². The fourth-order valence-corrected chi connectivity index (χ4v) is 1.50. The predicted molar refractivity (Wildman–Crippen MR) is 52.6 cm³/mol. The SMILES string of the molecule is CC1=CC(=O)N(c2cc(F)c(F)c(F)c2)C1=O. The Hall–Kier alpha value is -2.11. The molecule has 1 aromatic rings. The number of imide groups is 1. The van der Waals surface area contributed by atoms with E-state index in [4.69, 9.17) is 0 Å². The number of hydrogen-bond donors (Lipinski definition) is 0. The molecule has 88 valence electrons. The summed E-state index contributed by atoms with van der Waals surface area (Å²) in [6, 6.07) is 1.20. The third-order valence-corrected chi connectivity index (χ3v) is 2.33. The summed E-state index contributed by atoms with van der Waals surface area (Å²) < 4.78 is 38.6. The smallest absolute Gasteiger partial charge is 0.261 e. The molecule has 2 rings (SSSR count). The van der Waals surface area contributed by atoms with Gasteiger partial charge in [0, 0.05) is 23.8 Å². The van der Waals surface area contributed by atoms with Gasteiger partial charge in [-0.05, 0) is 6.92 Å². The molecule has 1 aliphatic rings. The molecule has 1 aliphatic heterocycles. The van der Waals surface area contributed by atoms with Crippen LogP contribution in [0.2, 0.25) is 0 Å². The maximum Gasteiger partial charge on any atom is 0.261 e. The minimum absolute atomic E-state index is 0.153. The molecule has 0 unspecified atom stereocenters. The van der Waals surface area contributed by atoms with Crippen molar-refractivity contribution in [2.45, 2.75) is 6.92 Å². The van der Waals surface area contributed by atoms with E-state index in [0.717, 1.165) is 6.08 Å². The van der Waals surface area contributed by atoms with E-state index in [1.165, 1.54) is 6.92 Å². The van der Waals surface area contributed by atoms with Crippen molar-refractivity contribution in [3.05, 3.63) is 41.2 Å². The van der Waals surface area contributed by atoms with E-state index in [2.05, 4.69) is 0 Å². The maximum atomic E-state index is 13.0. The summed E-state index contributed by atoms with van der Waals surface area (Å²) in [5.74, 6) is -5.94. The molecule has 0 saturated carbocycles. The number of benzene rings is 1. The van der Waals surface area contributed by atoms with E-state index in [1.54, 1.807) is 0 Å². The van der Waals surface area contributed by atoms with Crippen LogP contribution in [-0.4, -0.2) is 11.8 Å². The molecule has 3 nitrogen and oxygen atoms in total. The van der Waals surface area contributed by atoms with Gasteiger partial charge in [-0.15, -0.1) is 0 Å². The molecule has 0 fully saturated rings. The van der Waals surface area contributed by atoms with E-state index in [1.807, 2.05) is 0 Å². The first-order valence-electron chi connectivity index (χ1n) is 4.63. The van der Waals surface area contributed by atoms with Crippen LogP contribution in [0.5, 0.6) is 0 Å². The number of anilines is 1. The lowest BCUT2D eigenvalue weighted by atomic mass is 10.2. The summed E-state index contributed by atoms with van der Waals surface area (Å²) in [7, 11) is 0. The number of carbonyl (C=O) groups excluding carboxylic acids is 2.